The van der Waals surface area contributed by atoms with Crippen molar-refractivity contribution in [2.75, 3.05) is 44.1 Å². The number of carbonyl (C=O) groups is 2. The van der Waals surface area contributed by atoms with Crippen molar-refractivity contribution in [2.45, 2.75) is 40.7 Å². The van der Waals surface area contributed by atoms with Crippen molar-refractivity contribution in [3.63, 3.8) is 0 Å². The third-order valence-electron chi connectivity index (χ3n) is 6.81. The van der Waals surface area contributed by atoms with Gasteiger partial charge in [0.2, 0.25) is 21.1 Å². The summed E-state index contributed by atoms with van der Waals surface area (Å²) >= 11 is 3.98. The van der Waals surface area contributed by atoms with E-state index in [4.69, 9.17) is 9.47 Å². The van der Waals surface area contributed by atoms with Crippen molar-refractivity contribution in [3.05, 3.63) is 53.9 Å². The molecule has 3 heterocycles. The molecule has 1 aliphatic rings. The first-order valence-corrected chi connectivity index (χ1v) is 18.4. The van der Waals surface area contributed by atoms with Gasteiger partial charge in [0.05, 0.1) is 37.1 Å². The van der Waals surface area contributed by atoms with Gasteiger partial charge in [0.15, 0.2) is 15.3 Å². The summed E-state index contributed by atoms with van der Waals surface area (Å²) < 4.78 is 40.7. The van der Waals surface area contributed by atoms with E-state index in [0.717, 1.165) is 34.7 Å². The van der Waals surface area contributed by atoms with E-state index in [1.165, 1.54) is 47.0 Å². The summed E-state index contributed by atoms with van der Waals surface area (Å²) in [5, 5.41) is 23.0. The molecule has 2 aromatic carbocycles. The molecule has 18 heteroatoms. The molecule has 4 aromatic rings. The number of benzene rings is 2. The highest BCUT2D eigenvalue weighted by Crippen LogP contribution is 2.32. The van der Waals surface area contributed by atoms with Gasteiger partial charge < -0.3 is 14.8 Å². The number of hydrogen-bond acceptors (Lipinski definition) is 13. The Bertz CT molecular complexity index is 1790. The van der Waals surface area contributed by atoms with E-state index < -0.39 is 15.9 Å². The molecule has 0 atom stereocenters. The van der Waals surface area contributed by atoms with Gasteiger partial charge in [-0.2, -0.15) is 4.31 Å². The number of sulfonamides is 1. The zero-order valence-corrected chi connectivity index (χ0v) is 28.5. The Kier molecular flexibility index (Phi) is 11.2. The number of amides is 2. The minimum absolute atomic E-state index is 0.000699. The van der Waals surface area contributed by atoms with Crippen molar-refractivity contribution < 1.29 is 27.5 Å². The van der Waals surface area contributed by atoms with E-state index in [-0.39, 0.29) is 28.7 Å². The molecule has 46 heavy (non-hydrogen) atoms. The molecule has 1 fully saturated rings. The molecule has 244 valence electrons. The van der Waals surface area contributed by atoms with E-state index in [1.807, 2.05) is 6.92 Å². The molecular weight excluding hydrogens is 673 g/mol. The summed E-state index contributed by atoms with van der Waals surface area (Å²) in [6, 6.07) is 11.1. The number of ether oxygens (including phenoxy) is 2. The van der Waals surface area contributed by atoms with Crippen LogP contribution >= 0.6 is 34.9 Å². The van der Waals surface area contributed by atoms with Gasteiger partial charge in [0.1, 0.15) is 11.5 Å². The zero-order chi connectivity index (χ0) is 32.7. The van der Waals surface area contributed by atoms with Crippen LogP contribution in [0.2, 0.25) is 0 Å². The number of hydrogen-bond donors (Lipinski definition) is 2. The number of rotatable bonds is 14. The number of carbonyl (C=O) groups excluding carboxylic acids is 2. The van der Waals surface area contributed by atoms with Gasteiger partial charge >= 0.3 is 0 Å². The predicted octanol–water partition coefficient (Wildman–Crippen LogP) is 3.69. The highest BCUT2D eigenvalue weighted by atomic mass is 32.2. The Hall–Kier alpha value is -3.71. The van der Waals surface area contributed by atoms with Gasteiger partial charge in [0, 0.05) is 24.7 Å². The first kappa shape index (κ1) is 33.6. The van der Waals surface area contributed by atoms with Gasteiger partial charge in [-0.1, -0.05) is 41.8 Å². The molecule has 14 nitrogen and oxygen atoms in total. The quantitative estimate of drug-likeness (QED) is 0.144. The fourth-order valence-corrected chi connectivity index (χ4v) is 8.51. The van der Waals surface area contributed by atoms with Gasteiger partial charge in [-0.15, -0.1) is 20.4 Å². The van der Waals surface area contributed by atoms with Crippen LogP contribution in [-0.2, 0) is 21.4 Å². The minimum atomic E-state index is -3.59. The number of anilines is 1. The van der Waals surface area contributed by atoms with E-state index in [9.17, 15) is 18.0 Å². The molecule has 1 aliphatic heterocycles. The monoisotopic (exact) mass is 704 g/mol. The predicted molar refractivity (Wildman–Crippen MR) is 176 cm³/mol. The largest absolute Gasteiger partial charge is 0.497 e. The summed E-state index contributed by atoms with van der Waals surface area (Å²) in [6.07, 6.45) is 1.67. The zero-order valence-electron chi connectivity index (χ0n) is 25.3. The number of nitrogens with one attached hydrogen (secondary N) is 2. The van der Waals surface area contributed by atoms with Gasteiger partial charge in [0.25, 0.3) is 5.91 Å². The summed E-state index contributed by atoms with van der Waals surface area (Å²) in [5.41, 5.74) is 0.828. The van der Waals surface area contributed by atoms with Gasteiger partial charge in [-0.05, 0) is 55.0 Å². The minimum Gasteiger partial charge on any atom is -0.497 e. The van der Waals surface area contributed by atoms with E-state index in [1.54, 1.807) is 41.6 Å². The van der Waals surface area contributed by atoms with Crippen LogP contribution in [0.4, 0.5) is 5.13 Å². The van der Waals surface area contributed by atoms with E-state index in [0.29, 0.717) is 46.4 Å². The molecule has 1 saturated heterocycles. The molecular formula is C28H32N8O6S4. The van der Waals surface area contributed by atoms with Crippen LogP contribution in [-0.4, -0.2) is 88.3 Å². The van der Waals surface area contributed by atoms with Crippen LogP contribution in [0.5, 0.6) is 11.5 Å². The lowest BCUT2D eigenvalue weighted by Crippen LogP contribution is -2.28. The van der Waals surface area contributed by atoms with Crippen LogP contribution in [0.1, 0.15) is 35.9 Å². The lowest BCUT2D eigenvalue weighted by atomic mass is 10.2. The highest BCUT2D eigenvalue weighted by molar-refractivity contribution is 8.01. The lowest BCUT2D eigenvalue weighted by Gasteiger charge is -2.16. The average Bonchev–Trinajstić information content (AvgIpc) is 3.85. The van der Waals surface area contributed by atoms with Crippen molar-refractivity contribution in [1.82, 2.24) is 34.6 Å². The lowest BCUT2D eigenvalue weighted by molar-refractivity contribution is -0.113. The second kappa shape index (κ2) is 15.3. The van der Waals surface area contributed by atoms with Crippen LogP contribution in [0.3, 0.4) is 0 Å². The molecule has 0 saturated carbocycles. The van der Waals surface area contributed by atoms with Crippen molar-refractivity contribution in [1.29, 1.82) is 0 Å². The van der Waals surface area contributed by atoms with Crippen molar-refractivity contribution >= 4 is 61.8 Å². The van der Waals surface area contributed by atoms with Crippen LogP contribution in [0.15, 0.2) is 56.9 Å². The number of methoxy groups -OCH3 is 2. The molecule has 5 rings (SSSR count). The Morgan fingerprint density at radius 1 is 0.978 bits per heavy atom. The maximum atomic E-state index is 13.1. The Morgan fingerprint density at radius 3 is 2.43 bits per heavy atom. The number of nitrogens with zero attached hydrogens (tertiary/aromatic N) is 6. The Morgan fingerprint density at radius 2 is 1.74 bits per heavy atom. The second-order valence-corrected chi connectivity index (χ2v) is 15.1. The number of aromatic nitrogens is 5. The third kappa shape index (κ3) is 7.80. The van der Waals surface area contributed by atoms with Crippen molar-refractivity contribution in [3.8, 4) is 17.2 Å². The first-order chi connectivity index (χ1) is 22.2. The third-order valence-corrected chi connectivity index (χ3v) is 11.5. The topological polar surface area (TPSA) is 171 Å². The van der Waals surface area contributed by atoms with Crippen molar-refractivity contribution in [2.24, 2.45) is 0 Å². The smallest absolute Gasteiger partial charge is 0.251 e. The van der Waals surface area contributed by atoms with Crippen LogP contribution in [0.25, 0.3) is 5.69 Å². The molecule has 0 aliphatic carbocycles. The molecule has 2 aromatic heterocycles. The van der Waals surface area contributed by atoms with Crippen LogP contribution < -0.4 is 20.1 Å². The summed E-state index contributed by atoms with van der Waals surface area (Å²) in [4.78, 5) is 26.0. The van der Waals surface area contributed by atoms with Crippen LogP contribution in [0, 0.1) is 0 Å². The average molecular weight is 705 g/mol. The molecule has 2 amide bonds. The highest BCUT2D eigenvalue weighted by Gasteiger charge is 2.27. The Balaban J connectivity index is 1.33. The fraction of sp³-hybridized carbons (Fsp3) is 0.357. The van der Waals surface area contributed by atoms with Gasteiger partial charge in [-0.25, -0.2) is 8.42 Å². The second-order valence-electron chi connectivity index (χ2n) is 9.73. The summed E-state index contributed by atoms with van der Waals surface area (Å²) in [7, 11) is -0.527. The molecule has 0 radical (unpaired) electrons. The normalized spacial score (nSPS) is 13.5. The SMILES string of the molecule is CCSc1nnc(NC(=O)CSc2nnc(CNC(=O)c3ccc(S(=O)(=O)N4CCCC4)cc3)n2-c2cc(OC)ccc2OC)s1. The van der Waals surface area contributed by atoms with E-state index >= 15 is 0 Å². The molecule has 2 N–H and O–H groups in total. The molecule has 0 spiro atoms. The fourth-order valence-electron chi connectivity index (χ4n) is 4.57. The Labute approximate surface area is 278 Å². The first-order valence-electron chi connectivity index (χ1n) is 14.2. The summed E-state index contributed by atoms with van der Waals surface area (Å²) in [6.45, 7) is 2.97. The van der Waals surface area contributed by atoms with E-state index in [2.05, 4.69) is 31.0 Å². The molecule has 0 unspecified atom stereocenters. The maximum absolute atomic E-state index is 13.1. The molecule has 0 bridgehead atoms. The standard InChI is InChI=1S/C28H32N8O6S4/c1-4-43-28-34-32-26(45-28)30-24(37)17-44-27-33-31-23(36(27)21-15-19(41-2)9-12-22(21)42-3)16-29-25(38)18-7-10-20(11-8-18)46(39,40)35-13-5-6-14-35/h7-12,15H,4-6,13-14,16-17H2,1-3H3,(H,29,38)(H,30,32,37). The van der Waals surface area contributed by atoms with Gasteiger partial charge in [-0.3, -0.25) is 19.5 Å². The summed E-state index contributed by atoms with van der Waals surface area (Å²) in [5.74, 6) is 1.52. The maximum Gasteiger partial charge on any atom is 0.251 e. The number of thioether (sulfide) groups is 2.